The van der Waals surface area contributed by atoms with Crippen molar-refractivity contribution in [2.45, 2.75) is 26.3 Å². The number of ether oxygens (including phenoxy) is 1. The quantitative estimate of drug-likeness (QED) is 0.385. The van der Waals surface area contributed by atoms with Gasteiger partial charge >= 0.3 is 0 Å². The smallest absolute Gasteiger partial charge is 0.251 e. The predicted molar refractivity (Wildman–Crippen MR) is 135 cm³/mol. The zero-order valence-electron chi connectivity index (χ0n) is 19.2. The second kappa shape index (κ2) is 12.2. The van der Waals surface area contributed by atoms with Gasteiger partial charge in [-0.05, 0) is 55.2 Å². The van der Waals surface area contributed by atoms with E-state index in [9.17, 15) is 4.79 Å². The van der Waals surface area contributed by atoms with Crippen molar-refractivity contribution in [3.63, 3.8) is 0 Å². The molecule has 4 nitrogen and oxygen atoms in total. The lowest BCUT2D eigenvalue weighted by molar-refractivity contribution is 0.0940. The zero-order valence-corrected chi connectivity index (χ0v) is 19.2. The molecule has 0 saturated heterocycles. The van der Waals surface area contributed by atoms with Gasteiger partial charge in [-0.25, -0.2) is 4.98 Å². The van der Waals surface area contributed by atoms with E-state index in [1.807, 2.05) is 86.7 Å². The second-order valence-corrected chi connectivity index (χ2v) is 7.79. The number of nitrogens with zero attached hydrogens (tertiary/aromatic N) is 1. The van der Waals surface area contributed by atoms with Crippen molar-refractivity contribution in [3.05, 3.63) is 121 Å². The fourth-order valence-electron chi connectivity index (χ4n) is 3.33. The van der Waals surface area contributed by atoms with E-state index in [0.717, 1.165) is 23.1 Å². The topological polar surface area (TPSA) is 51.2 Å². The van der Waals surface area contributed by atoms with Gasteiger partial charge in [-0.3, -0.25) is 4.79 Å². The van der Waals surface area contributed by atoms with Crippen LogP contribution in [0.15, 0.2) is 109 Å². The summed E-state index contributed by atoms with van der Waals surface area (Å²) >= 11 is 0. The summed E-state index contributed by atoms with van der Waals surface area (Å²) in [6.07, 6.45) is 10.2. The van der Waals surface area contributed by atoms with E-state index in [1.54, 1.807) is 12.3 Å². The van der Waals surface area contributed by atoms with E-state index in [0.29, 0.717) is 18.1 Å². The van der Waals surface area contributed by atoms with E-state index >= 15 is 0 Å². The third kappa shape index (κ3) is 7.32. The molecule has 0 spiro atoms. The highest BCUT2D eigenvalue weighted by Gasteiger charge is 2.11. The Bertz CT molecular complexity index is 1100. The van der Waals surface area contributed by atoms with Crippen LogP contribution in [0.5, 0.6) is 5.88 Å². The fraction of sp³-hybridized carbons (Fsp3) is 0.172. The standard InChI is InChI=1S/C29H30N2O2/c1-4-6-10-23(5-2)21-33-28-18-17-27(20-30-28)25-13-15-26(16-14-25)29(32)31-22(3)19-24-11-8-7-9-12-24/h4-18,20,22H,2,19,21H2,1,3H3,(H,31,32)/b6-4-,23-10+. The van der Waals surface area contributed by atoms with Crippen molar-refractivity contribution >= 4 is 5.91 Å². The van der Waals surface area contributed by atoms with Crippen LogP contribution in [0.2, 0.25) is 0 Å². The molecule has 0 radical (unpaired) electrons. The molecule has 1 aromatic heterocycles. The lowest BCUT2D eigenvalue weighted by Crippen LogP contribution is -2.34. The second-order valence-electron chi connectivity index (χ2n) is 7.79. The maximum absolute atomic E-state index is 12.6. The maximum Gasteiger partial charge on any atom is 0.251 e. The van der Waals surface area contributed by atoms with Gasteiger partial charge in [0.15, 0.2) is 0 Å². The number of hydrogen-bond acceptors (Lipinski definition) is 3. The van der Waals surface area contributed by atoms with Gasteiger partial charge in [0.25, 0.3) is 5.91 Å². The third-order valence-corrected chi connectivity index (χ3v) is 5.13. The summed E-state index contributed by atoms with van der Waals surface area (Å²) in [5.74, 6) is 0.478. The van der Waals surface area contributed by atoms with Crippen LogP contribution in [0, 0.1) is 0 Å². The Balaban J connectivity index is 1.56. The van der Waals surface area contributed by atoms with Gasteiger partial charge in [0.1, 0.15) is 6.61 Å². The largest absolute Gasteiger partial charge is 0.473 e. The van der Waals surface area contributed by atoms with Crippen molar-refractivity contribution in [1.82, 2.24) is 10.3 Å². The minimum absolute atomic E-state index is 0.0470. The fourth-order valence-corrected chi connectivity index (χ4v) is 3.33. The molecule has 4 heteroatoms. The van der Waals surface area contributed by atoms with Gasteiger partial charge in [-0.1, -0.05) is 73.3 Å². The van der Waals surface area contributed by atoms with Crippen LogP contribution in [0.1, 0.15) is 29.8 Å². The Morgan fingerprint density at radius 2 is 1.79 bits per heavy atom. The summed E-state index contributed by atoms with van der Waals surface area (Å²) in [7, 11) is 0. The van der Waals surface area contributed by atoms with Crippen molar-refractivity contribution < 1.29 is 9.53 Å². The highest BCUT2D eigenvalue weighted by molar-refractivity contribution is 5.94. The molecule has 168 valence electrons. The third-order valence-electron chi connectivity index (χ3n) is 5.13. The number of rotatable bonds is 10. The van der Waals surface area contributed by atoms with Crippen molar-refractivity contribution in [2.24, 2.45) is 0 Å². The molecule has 1 N–H and O–H groups in total. The number of pyridine rings is 1. The first-order chi connectivity index (χ1) is 16.1. The number of amides is 1. The Morgan fingerprint density at radius 3 is 2.42 bits per heavy atom. The molecule has 3 aromatic rings. The van der Waals surface area contributed by atoms with Crippen LogP contribution >= 0.6 is 0 Å². The molecule has 0 aliphatic heterocycles. The number of aromatic nitrogens is 1. The highest BCUT2D eigenvalue weighted by atomic mass is 16.5. The van der Waals surface area contributed by atoms with Crippen LogP contribution in [0.25, 0.3) is 11.1 Å². The van der Waals surface area contributed by atoms with E-state index in [-0.39, 0.29) is 11.9 Å². The first-order valence-corrected chi connectivity index (χ1v) is 11.1. The van der Waals surface area contributed by atoms with Gasteiger partial charge in [0.2, 0.25) is 5.88 Å². The first kappa shape index (κ1) is 23.7. The average Bonchev–Trinajstić information content (AvgIpc) is 2.85. The normalized spacial score (nSPS) is 12.4. The van der Waals surface area contributed by atoms with Crippen LogP contribution in [-0.4, -0.2) is 23.5 Å². The lowest BCUT2D eigenvalue weighted by atomic mass is 10.0. The van der Waals surface area contributed by atoms with Crippen molar-refractivity contribution in [2.75, 3.05) is 6.61 Å². The summed E-state index contributed by atoms with van der Waals surface area (Å²) in [6.45, 7) is 8.19. The molecule has 33 heavy (non-hydrogen) atoms. The van der Waals surface area contributed by atoms with Gasteiger partial charge in [-0.2, -0.15) is 0 Å². The van der Waals surface area contributed by atoms with Gasteiger partial charge in [-0.15, -0.1) is 0 Å². The Kier molecular flexibility index (Phi) is 8.78. The van der Waals surface area contributed by atoms with E-state index in [1.165, 1.54) is 5.56 Å². The molecule has 1 unspecified atom stereocenters. The molecular weight excluding hydrogens is 408 g/mol. The SMILES string of the molecule is C=C/C(=C\C=C/C)COc1ccc(-c2ccc(C(=O)NC(C)Cc3ccccc3)cc2)cn1. The monoisotopic (exact) mass is 438 g/mol. The Hall–Kier alpha value is -3.92. The highest BCUT2D eigenvalue weighted by Crippen LogP contribution is 2.21. The Morgan fingerprint density at radius 1 is 1.06 bits per heavy atom. The molecule has 1 atom stereocenters. The minimum atomic E-state index is -0.0733. The Labute approximate surface area is 196 Å². The van der Waals surface area contributed by atoms with Crippen LogP contribution in [0.4, 0.5) is 0 Å². The van der Waals surface area contributed by atoms with E-state index < -0.39 is 0 Å². The van der Waals surface area contributed by atoms with Gasteiger partial charge in [0.05, 0.1) is 0 Å². The van der Waals surface area contributed by atoms with Crippen LogP contribution < -0.4 is 10.1 Å². The molecule has 1 heterocycles. The number of benzene rings is 2. The summed E-state index contributed by atoms with van der Waals surface area (Å²) in [4.78, 5) is 17.0. The summed E-state index contributed by atoms with van der Waals surface area (Å²) < 4.78 is 5.74. The molecule has 1 amide bonds. The van der Waals surface area contributed by atoms with Crippen LogP contribution in [-0.2, 0) is 6.42 Å². The molecule has 2 aromatic carbocycles. The van der Waals surface area contributed by atoms with Gasteiger partial charge < -0.3 is 10.1 Å². The maximum atomic E-state index is 12.6. The van der Waals surface area contributed by atoms with Crippen LogP contribution in [0.3, 0.4) is 0 Å². The first-order valence-electron chi connectivity index (χ1n) is 11.1. The number of carbonyl (C=O) groups is 1. The number of nitrogens with one attached hydrogen (secondary N) is 1. The summed E-state index contributed by atoms with van der Waals surface area (Å²) in [5, 5.41) is 3.07. The number of allylic oxidation sites excluding steroid dienone is 3. The molecule has 0 saturated carbocycles. The minimum Gasteiger partial charge on any atom is -0.473 e. The predicted octanol–water partition coefficient (Wildman–Crippen LogP) is 6.18. The molecule has 3 rings (SSSR count). The van der Waals surface area contributed by atoms with E-state index in [4.69, 9.17) is 4.74 Å². The summed E-state index contributed by atoms with van der Waals surface area (Å²) in [6, 6.07) is 21.6. The average molecular weight is 439 g/mol. The lowest BCUT2D eigenvalue weighted by Gasteiger charge is -2.14. The summed E-state index contributed by atoms with van der Waals surface area (Å²) in [5.41, 5.74) is 4.76. The van der Waals surface area contributed by atoms with E-state index in [2.05, 4.69) is 29.0 Å². The molecular formula is C29H30N2O2. The molecule has 0 aliphatic rings. The van der Waals surface area contributed by atoms with Crippen molar-refractivity contribution in [3.8, 4) is 17.0 Å². The molecule has 0 fully saturated rings. The van der Waals surface area contributed by atoms with Gasteiger partial charge in [0, 0.05) is 29.4 Å². The zero-order chi connectivity index (χ0) is 23.5. The number of carbonyl (C=O) groups excluding carboxylic acids is 1. The molecule has 0 aliphatic carbocycles. The van der Waals surface area contributed by atoms with Crippen molar-refractivity contribution in [1.29, 1.82) is 0 Å². The number of hydrogen-bond donors (Lipinski definition) is 1. The molecule has 0 bridgehead atoms.